The number of rotatable bonds is 5. The molecule has 1 amide bonds. The number of hydrogen-bond acceptors (Lipinski definition) is 4. The summed E-state index contributed by atoms with van der Waals surface area (Å²) >= 11 is 0. The fourth-order valence-electron chi connectivity index (χ4n) is 2.80. The number of aromatic nitrogens is 4. The normalized spacial score (nSPS) is 12.3. The number of fused-ring (bicyclic) bond motifs is 1. The molecule has 0 aliphatic heterocycles. The van der Waals surface area contributed by atoms with Crippen molar-refractivity contribution in [2.24, 2.45) is 0 Å². The third-order valence-corrected chi connectivity index (χ3v) is 4.30. The third-order valence-electron chi connectivity index (χ3n) is 4.30. The molecular formula is C18H21N5O. The highest BCUT2D eigenvalue weighted by Crippen LogP contribution is 2.15. The lowest BCUT2D eigenvalue weighted by Gasteiger charge is -2.14. The van der Waals surface area contributed by atoms with Crippen molar-refractivity contribution in [1.29, 1.82) is 0 Å². The van der Waals surface area contributed by atoms with Crippen LogP contribution in [0, 0.1) is 13.8 Å². The maximum atomic E-state index is 12.3. The van der Waals surface area contributed by atoms with Crippen molar-refractivity contribution in [3.8, 4) is 0 Å². The van der Waals surface area contributed by atoms with E-state index in [2.05, 4.69) is 39.4 Å². The maximum Gasteiger partial charge on any atom is 0.252 e. The van der Waals surface area contributed by atoms with E-state index in [9.17, 15) is 4.79 Å². The molecule has 6 heteroatoms. The SMILES string of the molecule is Cc1nc2ncnn2c(C)c1CC(=O)NC[C@@H](C)c1ccccc1. The Kier molecular flexibility index (Phi) is 4.55. The van der Waals surface area contributed by atoms with Crippen molar-refractivity contribution < 1.29 is 4.79 Å². The number of carbonyl (C=O) groups is 1. The van der Waals surface area contributed by atoms with Crippen molar-refractivity contribution in [3.05, 3.63) is 59.2 Å². The van der Waals surface area contributed by atoms with E-state index in [1.165, 1.54) is 11.9 Å². The Labute approximate surface area is 141 Å². The predicted octanol–water partition coefficient (Wildman–Crippen LogP) is 2.20. The van der Waals surface area contributed by atoms with Crippen LogP contribution in [0.2, 0.25) is 0 Å². The molecule has 1 atom stereocenters. The first kappa shape index (κ1) is 16.1. The van der Waals surface area contributed by atoms with Gasteiger partial charge in [0.1, 0.15) is 6.33 Å². The molecule has 3 aromatic rings. The number of carbonyl (C=O) groups excluding carboxylic acids is 1. The van der Waals surface area contributed by atoms with Crippen molar-refractivity contribution in [1.82, 2.24) is 24.9 Å². The molecule has 3 rings (SSSR count). The van der Waals surface area contributed by atoms with Gasteiger partial charge in [0.25, 0.3) is 5.78 Å². The molecule has 2 aromatic heterocycles. The van der Waals surface area contributed by atoms with Crippen LogP contribution in [0.3, 0.4) is 0 Å². The highest BCUT2D eigenvalue weighted by Gasteiger charge is 2.15. The molecule has 1 N–H and O–H groups in total. The summed E-state index contributed by atoms with van der Waals surface area (Å²) in [6.45, 7) is 6.55. The second kappa shape index (κ2) is 6.78. The van der Waals surface area contributed by atoms with Gasteiger partial charge in [0, 0.05) is 23.5 Å². The number of benzene rings is 1. The summed E-state index contributed by atoms with van der Waals surface area (Å²) in [7, 11) is 0. The summed E-state index contributed by atoms with van der Waals surface area (Å²) in [6.07, 6.45) is 1.77. The first-order chi connectivity index (χ1) is 11.6. The highest BCUT2D eigenvalue weighted by atomic mass is 16.1. The van der Waals surface area contributed by atoms with Gasteiger partial charge < -0.3 is 5.32 Å². The summed E-state index contributed by atoms with van der Waals surface area (Å²) in [5, 5.41) is 7.17. The Morgan fingerprint density at radius 1 is 1.25 bits per heavy atom. The number of nitrogens with one attached hydrogen (secondary N) is 1. The van der Waals surface area contributed by atoms with Gasteiger partial charge in [-0.2, -0.15) is 10.1 Å². The number of hydrogen-bond donors (Lipinski definition) is 1. The zero-order chi connectivity index (χ0) is 17.1. The molecule has 0 fully saturated rings. The Morgan fingerprint density at radius 2 is 2.00 bits per heavy atom. The van der Waals surface area contributed by atoms with Crippen LogP contribution in [0.25, 0.3) is 5.78 Å². The molecule has 2 heterocycles. The minimum atomic E-state index is -0.00903. The van der Waals surface area contributed by atoms with Gasteiger partial charge in [0.2, 0.25) is 5.91 Å². The molecule has 6 nitrogen and oxygen atoms in total. The third kappa shape index (κ3) is 3.27. The zero-order valence-corrected chi connectivity index (χ0v) is 14.2. The number of aryl methyl sites for hydroxylation is 2. The van der Waals surface area contributed by atoms with Crippen LogP contribution in [0.1, 0.15) is 35.4 Å². The van der Waals surface area contributed by atoms with E-state index < -0.39 is 0 Å². The molecule has 0 radical (unpaired) electrons. The van der Waals surface area contributed by atoms with Gasteiger partial charge in [0.05, 0.1) is 6.42 Å². The molecule has 0 spiro atoms. The maximum absolute atomic E-state index is 12.3. The fourth-order valence-corrected chi connectivity index (χ4v) is 2.80. The van der Waals surface area contributed by atoms with E-state index in [0.717, 1.165) is 17.0 Å². The van der Waals surface area contributed by atoms with Gasteiger partial charge in [-0.05, 0) is 25.3 Å². The Hall–Kier alpha value is -2.76. The van der Waals surface area contributed by atoms with E-state index in [-0.39, 0.29) is 11.8 Å². The van der Waals surface area contributed by atoms with Crippen LogP contribution in [0.5, 0.6) is 0 Å². The van der Waals surface area contributed by atoms with Crippen LogP contribution in [0.15, 0.2) is 36.7 Å². The van der Waals surface area contributed by atoms with E-state index >= 15 is 0 Å². The van der Waals surface area contributed by atoms with E-state index in [0.29, 0.717) is 18.7 Å². The van der Waals surface area contributed by atoms with Crippen molar-refractivity contribution >= 4 is 11.7 Å². The molecule has 0 bridgehead atoms. The quantitative estimate of drug-likeness (QED) is 0.781. The standard InChI is InChI=1S/C18H21N5O/c1-12(15-7-5-4-6-8-15)10-19-17(24)9-16-13(2)22-18-20-11-21-23(18)14(16)3/h4-8,11-12H,9-10H2,1-3H3,(H,19,24)/t12-/m1/s1. The summed E-state index contributed by atoms with van der Waals surface area (Å²) in [6, 6.07) is 10.2. The average Bonchev–Trinajstić information content (AvgIpc) is 3.05. The van der Waals surface area contributed by atoms with Crippen LogP contribution < -0.4 is 5.32 Å². The summed E-state index contributed by atoms with van der Waals surface area (Å²) in [4.78, 5) is 20.8. The second-order valence-corrected chi connectivity index (χ2v) is 6.03. The lowest BCUT2D eigenvalue weighted by Crippen LogP contribution is -2.29. The predicted molar refractivity (Wildman–Crippen MR) is 91.8 cm³/mol. The molecule has 0 aliphatic rings. The number of amides is 1. The molecule has 124 valence electrons. The highest BCUT2D eigenvalue weighted by molar-refractivity contribution is 5.79. The molecule has 1 aromatic carbocycles. The smallest absolute Gasteiger partial charge is 0.252 e. The topological polar surface area (TPSA) is 72.2 Å². The largest absolute Gasteiger partial charge is 0.355 e. The first-order valence-electron chi connectivity index (χ1n) is 8.03. The van der Waals surface area contributed by atoms with Crippen molar-refractivity contribution in [2.75, 3.05) is 6.54 Å². The summed E-state index contributed by atoms with van der Waals surface area (Å²) < 4.78 is 1.67. The molecule has 0 saturated carbocycles. The van der Waals surface area contributed by atoms with Crippen molar-refractivity contribution in [3.63, 3.8) is 0 Å². The minimum absolute atomic E-state index is 0.00903. The van der Waals surface area contributed by atoms with Gasteiger partial charge in [0.15, 0.2) is 0 Å². The van der Waals surface area contributed by atoms with Crippen LogP contribution in [-0.4, -0.2) is 32.0 Å². The average molecular weight is 323 g/mol. The van der Waals surface area contributed by atoms with Gasteiger partial charge in [-0.3, -0.25) is 4.79 Å². The van der Waals surface area contributed by atoms with E-state index in [4.69, 9.17) is 0 Å². The van der Waals surface area contributed by atoms with Crippen LogP contribution >= 0.6 is 0 Å². The lowest BCUT2D eigenvalue weighted by atomic mass is 10.0. The Morgan fingerprint density at radius 3 is 2.75 bits per heavy atom. The Balaban J connectivity index is 1.67. The summed E-state index contributed by atoms with van der Waals surface area (Å²) in [5.74, 6) is 0.824. The minimum Gasteiger partial charge on any atom is -0.355 e. The molecule has 0 unspecified atom stereocenters. The summed E-state index contributed by atoms with van der Waals surface area (Å²) in [5.41, 5.74) is 3.84. The molecule has 24 heavy (non-hydrogen) atoms. The van der Waals surface area contributed by atoms with Crippen molar-refractivity contribution in [2.45, 2.75) is 33.1 Å². The molecule has 0 saturated heterocycles. The van der Waals surface area contributed by atoms with Gasteiger partial charge in [-0.15, -0.1) is 0 Å². The van der Waals surface area contributed by atoms with Gasteiger partial charge in [-0.1, -0.05) is 37.3 Å². The lowest BCUT2D eigenvalue weighted by molar-refractivity contribution is -0.120. The van der Waals surface area contributed by atoms with E-state index in [1.54, 1.807) is 4.52 Å². The molecular weight excluding hydrogens is 302 g/mol. The monoisotopic (exact) mass is 323 g/mol. The van der Waals surface area contributed by atoms with Crippen LogP contribution in [0.4, 0.5) is 0 Å². The first-order valence-corrected chi connectivity index (χ1v) is 8.03. The molecule has 0 aliphatic carbocycles. The van der Waals surface area contributed by atoms with Gasteiger partial charge in [-0.25, -0.2) is 9.50 Å². The Bertz CT molecular complexity index is 856. The van der Waals surface area contributed by atoms with E-state index in [1.807, 2.05) is 32.0 Å². The zero-order valence-electron chi connectivity index (χ0n) is 14.2. The number of nitrogens with zero attached hydrogens (tertiary/aromatic N) is 4. The fraction of sp³-hybridized carbons (Fsp3) is 0.333. The van der Waals surface area contributed by atoms with Crippen LogP contribution in [-0.2, 0) is 11.2 Å². The van der Waals surface area contributed by atoms with Gasteiger partial charge >= 0.3 is 0 Å². The second-order valence-electron chi connectivity index (χ2n) is 6.03.